The van der Waals surface area contributed by atoms with E-state index in [0.29, 0.717) is 6.08 Å². The van der Waals surface area contributed by atoms with Crippen LogP contribution in [0.3, 0.4) is 0 Å². The molecule has 0 spiro atoms. The molecule has 0 bridgehead atoms. The molecule has 0 aliphatic carbocycles. The summed E-state index contributed by atoms with van der Waals surface area (Å²) in [6.45, 7) is 1.39. The molecule has 10 heteroatoms. The van der Waals surface area contributed by atoms with E-state index in [-0.39, 0.29) is 11.8 Å². The molecule has 0 fully saturated rings. The molecular weight excluding hydrogens is 353 g/mol. The minimum Gasteiger partial charge on any atom is -0.507 e. The first kappa shape index (κ1) is 17.8. The number of aromatic nitrogens is 2. The molecule has 0 saturated heterocycles. The highest BCUT2D eigenvalue weighted by atomic mass is 35.5. The minimum absolute atomic E-state index is 0.0841. The number of carbonyl (C=O) groups excluding carboxylic acids is 1. The van der Waals surface area contributed by atoms with Crippen molar-refractivity contribution in [1.29, 1.82) is 0 Å². The van der Waals surface area contributed by atoms with Gasteiger partial charge in [-0.3, -0.25) is 9.48 Å². The highest BCUT2D eigenvalue weighted by Crippen LogP contribution is 2.31. The van der Waals surface area contributed by atoms with Crippen molar-refractivity contribution in [1.82, 2.24) is 9.78 Å². The second-order valence-corrected chi connectivity index (χ2v) is 4.93. The van der Waals surface area contributed by atoms with Gasteiger partial charge in [-0.1, -0.05) is 0 Å². The number of aromatic hydroxyl groups is 1. The number of rotatable bonds is 4. The number of alkyl halides is 4. The van der Waals surface area contributed by atoms with Gasteiger partial charge < -0.3 is 9.52 Å². The zero-order valence-corrected chi connectivity index (χ0v) is 12.9. The van der Waals surface area contributed by atoms with Crippen molar-refractivity contribution in [2.24, 2.45) is 0 Å². The van der Waals surface area contributed by atoms with Gasteiger partial charge in [0, 0.05) is 17.8 Å². The molecule has 2 aromatic heterocycles. The third kappa shape index (κ3) is 3.67. The van der Waals surface area contributed by atoms with Crippen LogP contribution in [0.4, 0.5) is 13.2 Å². The Labute approximate surface area is 137 Å². The summed E-state index contributed by atoms with van der Waals surface area (Å²) in [5, 5.41) is 12.9. The summed E-state index contributed by atoms with van der Waals surface area (Å²) in [4.78, 5) is 23.6. The fourth-order valence-electron chi connectivity index (χ4n) is 1.91. The van der Waals surface area contributed by atoms with Crippen LogP contribution in [0, 0.1) is 6.92 Å². The Balaban J connectivity index is 2.40. The van der Waals surface area contributed by atoms with Crippen LogP contribution in [-0.2, 0) is 12.2 Å². The second kappa shape index (κ2) is 6.52. The number of allylic oxidation sites excluding steroid dienone is 1. The number of ketones is 1. The fraction of sp³-hybridized carbons (Fsp3) is 0.214. The maximum absolute atomic E-state index is 12.9. The van der Waals surface area contributed by atoms with E-state index < -0.39 is 40.2 Å². The van der Waals surface area contributed by atoms with Crippen LogP contribution in [0.15, 0.2) is 27.6 Å². The first-order valence-corrected chi connectivity index (χ1v) is 6.93. The van der Waals surface area contributed by atoms with Crippen molar-refractivity contribution in [3.05, 3.63) is 51.3 Å². The standard InChI is InChI=1S/C14H10ClF3N2O4/c1-7-4-10(22)11(13(23)24-7)9(21)3-2-8-5-20(6-15)19-12(8)14(16,17)18/h2-5,22H,6H2,1H3/b3-2+. The maximum Gasteiger partial charge on any atom is 0.435 e. The van der Waals surface area contributed by atoms with Crippen LogP contribution in [0.2, 0.25) is 0 Å². The predicted molar refractivity (Wildman–Crippen MR) is 77.8 cm³/mol. The number of hydrogen-bond donors (Lipinski definition) is 1. The van der Waals surface area contributed by atoms with Gasteiger partial charge in [0.15, 0.2) is 11.5 Å². The Kier molecular flexibility index (Phi) is 4.83. The summed E-state index contributed by atoms with van der Waals surface area (Å²) in [6, 6.07) is 0.738. The van der Waals surface area contributed by atoms with Crippen LogP contribution in [-0.4, -0.2) is 20.7 Å². The van der Waals surface area contributed by atoms with Crippen molar-refractivity contribution in [3.63, 3.8) is 0 Å². The lowest BCUT2D eigenvalue weighted by atomic mass is 10.1. The lowest BCUT2D eigenvalue weighted by molar-refractivity contribution is -0.141. The van der Waals surface area contributed by atoms with Crippen LogP contribution in [0.5, 0.6) is 5.75 Å². The topological polar surface area (TPSA) is 85.3 Å². The van der Waals surface area contributed by atoms with E-state index in [2.05, 4.69) is 9.52 Å². The van der Waals surface area contributed by atoms with E-state index in [1.54, 1.807) is 0 Å². The zero-order valence-electron chi connectivity index (χ0n) is 12.1. The molecular formula is C14H10ClF3N2O4. The number of aryl methyl sites for hydroxylation is 1. The molecule has 24 heavy (non-hydrogen) atoms. The van der Waals surface area contributed by atoms with Gasteiger partial charge >= 0.3 is 11.8 Å². The maximum atomic E-state index is 12.9. The molecule has 0 aromatic carbocycles. The van der Waals surface area contributed by atoms with Gasteiger partial charge in [0.2, 0.25) is 0 Å². The lowest BCUT2D eigenvalue weighted by Crippen LogP contribution is -2.13. The summed E-state index contributed by atoms with van der Waals surface area (Å²) < 4.78 is 44.1. The van der Waals surface area contributed by atoms with Crippen LogP contribution < -0.4 is 5.63 Å². The van der Waals surface area contributed by atoms with Crippen LogP contribution in [0.1, 0.15) is 27.4 Å². The van der Waals surface area contributed by atoms with Crippen molar-refractivity contribution in [2.75, 3.05) is 0 Å². The monoisotopic (exact) mass is 362 g/mol. The van der Waals surface area contributed by atoms with E-state index in [4.69, 9.17) is 11.6 Å². The molecule has 6 nitrogen and oxygen atoms in total. The van der Waals surface area contributed by atoms with Gasteiger partial charge in [0.1, 0.15) is 23.1 Å². The fourth-order valence-corrected chi connectivity index (χ4v) is 2.03. The van der Waals surface area contributed by atoms with Gasteiger partial charge in [-0.15, -0.1) is 11.6 Å². The van der Waals surface area contributed by atoms with Crippen molar-refractivity contribution in [3.8, 4) is 5.75 Å². The minimum atomic E-state index is -4.74. The normalized spacial score (nSPS) is 12.0. The predicted octanol–water partition coefficient (Wildman–Crippen LogP) is 2.96. The Morgan fingerprint density at radius 3 is 2.71 bits per heavy atom. The Morgan fingerprint density at radius 1 is 1.50 bits per heavy atom. The molecule has 0 aliphatic heterocycles. The number of carbonyl (C=O) groups is 1. The zero-order chi connectivity index (χ0) is 18.1. The average molecular weight is 363 g/mol. The lowest BCUT2D eigenvalue weighted by Gasteiger charge is -2.03. The van der Waals surface area contributed by atoms with Crippen LogP contribution >= 0.6 is 11.6 Å². The average Bonchev–Trinajstić information content (AvgIpc) is 2.87. The molecule has 0 atom stereocenters. The molecule has 0 saturated carbocycles. The number of nitrogens with zero attached hydrogens (tertiary/aromatic N) is 2. The number of halogens is 4. The molecule has 1 N–H and O–H groups in total. The summed E-state index contributed by atoms with van der Waals surface area (Å²) >= 11 is 5.43. The Hall–Kier alpha value is -2.55. The SMILES string of the molecule is Cc1cc(O)c(C(=O)/C=C/c2cn(CCl)nc2C(F)(F)F)c(=O)o1. The van der Waals surface area contributed by atoms with Crippen molar-refractivity contribution in [2.45, 2.75) is 19.1 Å². The highest BCUT2D eigenvalue weighted by Gasteiger charge is 2.36. The Bertz CT molecular complexity index is 868. The van der Waals surface area contributed by atoms with E-state index >= 15 is 0 Å². The molecule has 2 heterocycles. The van der Waals surface area contributed by atoms with Crippen molar-refractivity contribution >= 4 is 23.5 Å². The summed E-state index contributed by atoms with van der Waals surface area (Å²) in [6.07, 6.45) is -2.20. The quantitative estimate of drug-likeness (QED) is 0.513. The molecule has 128 valence electrons. The molecule has 0 amide bonds. The summed E-state index contributed by atoms with van der Waals surface area (Å²) in [5.74, 6) is -1.54. The number of hydrogen-bond acceptors (Lipinski definition) is 5. The van der Waals surface area contributed by atoms with E-state index in [1.165, 1.54) is 6.92 Å². The van der Waals surface area contributed by atoms with Gasteiger partial charge in [-0.05, 0) is 19.1 Å². The molecule has 0 radical (unpaired) electrons. The highest BCUT2D eigenvalue weighted by molar-refractivity contribution is 6.15. The summed E-state index contributed by atoms with van der Waals surface area (Å²) in [5.41, 5.74) is -3.40. The molecule has 2 aromatic rings. The van der Waals surface area contributed by atoms with Crippen molar-refractivity contribution < 1.29 is 27.5 Å². The van der Waals surface area contributed by atoms with Gasteiger partial charge in [0.25, 0.3) is 0 Å². The van der Waals surface area contributed by atoms with E-state index in [1.807, 2.05) is 0 Å². The second-order valence-electron chi connectivity index (χ2n) is 4.69. The summed E-state index contributed by atoms with van der Waals surface area (Å²) in [7, 11) is 0. The van der Waals surface area contributed by atoms with Crippen LogP contribution in [0.25, 0.3) is 6.08 Å². The molecule has 2 rings (SSSR count). The molecule has 0 unspecified atom stereocenters. The smallest absolute Gasteiger partial charge is 0.435 e. The Morgan fingerprint density at radius 2 is 2.17 bits per heavy atom. The van der Waals surface area contributed by atoms with Gasteiger partial charge in [-0.25, -0.2) is 4.79 Å². The third-order valence-electron chi connectivity index (χ3n) is 2.90. The van der Waals surface area contributed by atoms with Gasteiger partial charge in [0.05, 0.1) is 0 Å². The largest absolute Gasteiger partial charge is 0.507 e. The van der Waals surface area contributed by atoms with Gasteiger partial charge in [-0.2, -0.15) is 18.3 Å². The molecule has 0 aliphatic rings. The van der Waals surface area contributed by atoms with E-state index in [0.717, 1.165) is 23.0 Å². The first-order chi connectivity index (χ1) is 11.1. The van der Waals surface area contributed by atoms with E-state index in [9.17, 15) is 27.9 Å². The first-order valence-electron chi connectivity index (χ1n) is 6.40. The third-order valence-corrected chi connectivity index (χ3v) is 3.14.